The summed E-state index contributed by atoms with van der Waals surface area (Å²) in [5.41, 5.74) is -0.830. The molecule has 4 rings (SSSR count). The molecule has 1 unspecified atom stereocenters. The van der Waals surface area contributed by atoms with Crippen molar-refractivity contribution in [1.82, 2.24) is 20.0 Å². The zero-order chi connectivity index (χ0) is 15.9. The molecule has 0 spiro atoms. The number of rotatable bonds is 5. The number of aromatic nitrogens is 3. The SMILES string of the molecule is Cc1noc(CC2(O)CCCN(Cc3ncc(C4CC4)o3)C2)n1. The topological polar surface area (TPSA) is 88.4 Å². The first-order chi connectivity index (χ1) is 11.1. The molecule has 1 aliphatic carbocycles. The summed E-state index contributed by atoms with van der Waals surface area (Å²) < 4.78 is 11.0. The minimum absolute atomic E-state index is 0.392. The summed E-state index contributed by atoms with van der Waals surface area (Å²) >= 11 is 0. The van der Waals surface area contributed by atoms with Gasteiger partial charge in [-0.05, 0) is 39.2 Å². The molecule has 23 heavy (non-hydrogen) atoms. The second kappa shape index (κ2) is 5.72. The first-order valence-electron chi connectivity index (χ1n) is 8.28. The van der Waals surface area contributed by atoms with Crippen LogP contribution < -0.4 is 0 Å². The van der Waals surface area contributed by atoms with Crippen LogP contribution in [0.25, 0.3) is 0 Å². The van der Waals surface area contributed by atoms with E-state index in [1.54, 1.807) is 6.92 Å². The summed E-state index contributed by atoms with van der Waals surface area (Å²) in [5, 5.41) is 14.7. The Labute approximate surface area is 134 Å². The Kier molecular flexibility index (Phi) is 3.69. The number of likely N-dealkylation sites (tertiary alicyclic amines) is 1. The smallest absolute Gasteiger partial charge is 0.229 e. The van der Waals surface area contributed by atoms with Crippen LogP contribution in [0.3, 0.4) is 0 Å². The molecule has 7 nitrogen and oxygen atoms in total. The van der Waals surface area contributed by atoms with Gasteiger partial charge in [-0.3, -0.25) is 4.90 Å². The molecule has 1 saturated carbocycles. The number of oxazole rings is 1. The Bertz CT molecular complexity index is 678. The van der Waals surface area contributed by atoms with Crippen LogP contribution in [0.4, 0.5) is 0 Å². The number of aryl methyl sites for hydroxylation is 1. The van der Waals surface area contributed by atoms with Gasteiger partial charge >= 0.3 is 0 Å². The largest absolute Gasteiger partial charge is 0.444 e. The summed E-state index contributed by atoms with van der Waals surface area (Å²) in [6.45, 7) is 3.92. The number of β-amino-alcohol motifs (C(OH)–C–C–N with tert-alkyl or cyclic N) is 1. The van der Waals surface area contributed by atoms with Gasteiger partial charge in [0, 0.05) is 12.5 Å². The van der Waals surface area contributed by atoms with Crippen LogP contribution in [-0.2, 0) is 13.0 Å². The van der Waals surface area contributed by atoms with Crippen molar-refractivity contribution < 1.29 is 14.0 Å². The fourth-order valence-electron chi connectivity index (χ4n) is 3.32. The van der Waals surface area contributed by atoms with E-state index >= 15 is 0 Å². The van der Waals surface area contributed by atoms with E-state index in [4.69, 9.17) is 8.94 Å². The number of aliphatic hydroxyl groups is 1. The third kappa shape index (κ3) is 3.45. The van der Waals surface area contributed by atoms with Gasteiger partial charge in [0.25, 0.3) is 0 Å². The maximum Gasteiger partial charge on any atom is 0.229 e. The normalized spacial score (nSPS) is 25.8. The number of nitrogens with zero attached hydrogens (tertiary/aromatic N) is 4. The van der Waals surface area contributed by atoms with Crippen LogP contribution in [0.1, 0.15) is 55.0 Å². The maximum absolute atomic E-state index is 10.9. The lowest BCUT2D eigenvalue weighted by atomic mass is 9.89. The van der Waals surface area contributed by atoms with Crippen molar-refractivity contribution >= 4 is 0 Å². The number of hydrogen-bond donors (Lipinski definition) is 1. The average molecular weight is 318 g/mol. The lowest BCUT2D eigenvalue weighted by molar-refractivity contribution is -0.0392. The molecule has 7 heteroatoms. The minimum Gasteiger partial charge on any atom is -0.444 e. The lowest BCUT2D eigenvalue weighted by Gasteiger charge is -2.37. The second-order valence-corrected chi connectivity index (χ2v) is 6.88. The third-order valence-electron chi connectivity index (χ3n) is 4.59. The van der Waals surface area contributed by atoms with Gasteiger partial charge in [0.2, 0.25) is 11.8 Å². The summed E-state index contributed by atoms with van der Waals surface area (Å²) in [5.74, 6) is 3.43. The van der Waals surface area contributed by atoms with Crippen molar-refractivity contribution in [2.45, 2.75) is 57.1 Å². The molecule has 124 valence electrons. The molecule has 2 fully saturated rings. The molecule has 2 aromatic rings. The quantitative estimate of drug-likeness (QED) is 0.899. The predicted octanol–water partition coefficient (Wildman–Crippen LogP) is 1.81. The Morgan fingerprint density at radius 2 is 2.26 bits per heavy atom. The lowest BCUT2D eigenvalue weighted by Crippen LogP contribution is -2.49. The van der Waals surface area contributed by atoms with Gasteiger partial charge in [0.1, 0.15) is 5.76 Å². The Morgan fingerprint density at radius 1 is 1.39 bits per heavy atom. The zero-order valence-corrected chi connectivity index (χ0v) is 13.4. The molecular formula is C16H22N4O3. The van der Waals surface area contributed by atoms with Crippen LogP contribution >= 0.6 is 0 Å². The van der Waals surface area contributed by atoms with Crippen LogP contribution in [-0.4, -0.2) is 43.8 Å². The Balaban J connectivity index is 1.39. The van der Waals surface area contributed by atoms with Crippen molar-refractivity contribution in [2.75, 3.05) is 13.1 Å². The summed E-state index contributed by atoms with van der Waals surface area (Å²) in [4.78, 5) is 10.8. The second-order valence-electron chi connectivity index (χ2n) is 6.88. The first-order valence-corrected chi connectivity index (χ1v) is 8.28. The van der Waals surface area contributed by atoms with E-state index in [0.717, 1.165) is 31.0 Å². The summed E-state index contributed by atoms with van der Waals surface area (Å²) in [6, 6.07) is 0. The number of piperidine rings is 1. The van der Waals surface area contributed by atoms with E-state index in [9.17, 15) is 5.11 Å². The average Bonchev–Trinajstić information content (AvgIpc) is 3.12. The molecule has 0 bridgehead atoms. The highest BCUT2D eigenvalue weighted by molar-refractivity contribution is 5.08. The molecule has 0 amide bonds. The van der Waals surface area contributed by atoms with Crippen LogP contribution in [0, 0.1) is 6.92 Å². The highest BCUT2D eigenvalue weighted by Crippen LogP contribution is 2.40. The van der Waals surface area contributed by atoms with Gasteiger partial charge in [-0.25, -0.2) is 4.98 Å². The molecule has 2 aliphatic rings. The van der Waals surface area contributed by atoms with Gasteiger partial charge in [-0.1, -0.05) is 5.16 Å². The van der Waals surface area contributed by atoms with Crippen LogP contribution in [0.15, 0.2) is 15.1 Å². The minimum atomic E-state index is -0.830. The van der Waals surface area contributed by atoms with Crippen LogP contribution in [0.5, 0.6) is 0 Å². The van der Waals surface area contributed by atoms with E-state index < -0.39 is 5.60 Å². The predicted molar refractivity (Wildman–Crippen MR) is 80.7 cm³/mol. The maximum atomic E-state index is 10.9. The fourth-order valence-corrected chi connectivity index (χ4v) is 3.32. The van der Waals surface area contributed by atoms with Crippen molar-refractivity contribution in [2.24, 2.45) is 0 Å². The molecule has 2 aromatic heterocycles. The van der Waals surface area contributed by atoms with E-state index in [1.165, 1.54) is 12.8 Å². The third-order valence-corrected chi connectivity index (χ3v) is 4.59. The summed E-state index contributed by atoms with van der Waals surface area (Å²) in [6.07, 6.45) is 6.33. The van der Waals surface area contributed by atoms with Gasteiger partial charge in [0.15, 0.2) is 5.82 Å². The molecule has 3 heterocycles. The molecule has 1 saturated heterocycles. The van der Waals surface area contributed by atoms with Crippen molar-refractivity contribution in [3.05, 3.63) is 29.6 Å². The molecule has 1 atom stereocenters. The van der Waals surface area contributed by atoms with Gasteiger partial charge in [0.05, 0.1) is 24.8 Å². The highest BCUT2D eigenvalue weighted by Gasteiger charge is 2.36. The zero-order valence-electron chi connectivity index (χ0n) is 13.4. The first kappa shape index (κ1) is 14.8. The van der Waals surface area contributed by atoms with Crippen molar-refractivity contribution in [1.29, 1.82) is 0 Å². The molecular weight excluding hydrogens is 296 g/mol. The van der Waals surface area contributed by atoms with E-state index in [1.807, 2.05) is 6.20 Å². The van der Waals surface area contributed by atoms with E-state index in [-0.39, 0.29) is 0 Å². The Hall–Kier alpha value is -1.73. The summed E-state index contributed by atoms with van der Waals surface area (Å²) in [7, 11) is 0. The van der Waals surface area contributed by atoms with Crippen LogP contribution in [0.2, 0.25) is 0 Å². The van der Waals surface area contributed by atoms with Gasteiger partial charge in [-0.15, -0.1) is 0 Å². The van der Waals surface area contributed by atoms with Gasteiger partial charge < -0.3 is 14.0 Å². The molecule has 0 aromatic carbocycles. The Morgan fingerprint density at radius 3 is 3.00 bits per heavy atom. The molecule has 1 aliphatic heterocycles. The van der Waals surface area contributed by atoms with Crippen molar-refractivity contribution in [3.8, 4) is 0 Å². The fraction of sp³-hybridized carbons (Fsp3) is 0.688. The van der Waals surface area contributed by atoms with E-state index in [0.29, 0.717) is 37.1 Å². The number of hydrogen-bond acceptors (Lipinski definition) is 7. The van der Waals surface area contributed by atoms with Crippen molar-refractivity contribution in [3.63, 3.8) is 0 Å². The van der Waals surface area contributed by atoms with Gasteiger partial charge in [-0.2, -0.15) is 4.98 Å². The van der Waals surface area contributed by atoms with E-state index in [2.05, 4.69) is 20.0 Å². The standard InChI is InChI=1S/C16H22N4O3/c1-11-18-14(23-19-11)7-16(21)5-2-6-20(10-16)9-15-17-8-13(22-15)12-3-4-12/h8,12,21H,2-7,9-10H2,1H3. The monoisotopic (exact) mass is 318 g/mol. The molecule has 1 N–H and O–H groups in total. The molecule has 0 radical (unpaired) electrons. The highest BCUT2D eigenvalue weighted by atomic mass is 16.5.